The van der Waals surface area contributed by atoms with Crippen LogP contribution in [0.1, 0.15) is 142 Å². The maximum absolute atomic E-state index is 13.0. The number of nitrogens with zero attached hydrogens (tertiary/aromatic N) is 4. The third-order valence-corrected chi connectivity index (χ3v) is 11.1. The molecule has 0 aliphatic heterocycles. The van der Waals surface area contributed by atoms with Gasteiger partial charge in [-0.15, -0.1) is 0 Å². The van der Waals surface area contributed by atoms with E-state index in [4.69, 9.17) is 30.6 Å². The van der Waals surface area contributed by atoms with Gasteiger partial charge in [0.2, 0.25) is 11.7 Å². The molecule has 2 unspecified atom stereocenters. The van der Waals surface area contributed by atoms with Gasteiger partial charge in [-0.1, -0.05) is 65.2 Å². The Morgan fingerprint density at radius 2 is 1.21 bits per heavy atom. The van der Waals surface area contributed by atoms with Crippen LogP contribution in [0.5, 0.6) is 0 Å². The van der Waals surface area contributed by atoms with Crippen molar-refractivity contribution in [3.63, 3.8) is 0 Å². The second-order valence-corrected chi connectivity index (χ2v) is 18.1. The lowest BCUT2D eigenvalue weighted by Gasteiger charge is -2.19. The van der Waals surface area contributed by atoms with E-state index in [1.807, 2.05) is 0 Å². The molecule has 3 rings (SSSR count). The number of carbonyl (C=O) groups excluding carboxylic acids is 4. The maximum Gasteiger partial charge on any atom is 0.291 e. The van der Waals surface area contributed by atoms with Crippen molar-refractivity contribution < 1.29 is 73.4 Å². The number of aryl methyl sites for hydroxylation is 3. The van der Waals surface area contributed by atoms with Gasteiger partial charge in [0.05, 0.1) is 18.0 Å². The summed E-state index contributed by atoms with van der Waals surface area (Å²) in [5.41, 5.74) is 1.51. The number of hydrogen-bond acceptors (Lipinski definition) is 18. The van der Waals surface area contributed by atoms with Crippen LogP contribution < -0.4 is 36.8 Å². The molecular formula is C45H80N10O15P-. The number of aliphatic hydroxyl groups excluding tert-OH is 4. The molecular weight excluding hydrogens is 952 g/mol. The Kier molecular flexibility index (Phi) is 33.0. The van der Waals surface area contributed by atoms with Crippen molar-refractivity contribution >= 4 is 48.6 Å². The number of anilines is 3. The summed E-state index contributed by atoms with van der Waals surface area (Å²) in [5, 5.41) is 76.6. The maximum atomic E-state index is 13.0. The van der Waals surface area contributed by atoms with Gasteiger partial charge in [0.1, 0.15) is 17.6 Å². The molecule has 13 N–H and O–H groups in total. The molecule has 0 aliphatic rings. The highest BCUT2D eigenvalue weighted by atomic mass is 31.2. The minimum absolute atomic E-state index is 0.0396. The summed E-state index contributed by atoms with van der Waals surface area (Å²) in [5.74, 6) is -1.27. The first kappa shape index (κ1) is 64.4. The Balaban J connectivity index is 0.000000859. The number of nitrogens with one attached hydrogen (secondary N) is 6. The van der Waals surface area contributed by atoms with Crippen LogP contribution in [0, 0.1) is 0 Å². The largest absolute Gasteiger partial charge is 0.756 e. The molecule has 2 atom stereocenters. The molecule has 25 nitrogen and oxygen atoms in total. The van der Waals surface area contributed by atoms with E-state index in [0.717, 1.165) is 45.6 Å². The minimum Gasteiger partial charge on any atom is -0.756 e. The quantitative estimate of drug-likeness (QED) is 0.0234. The molecule has 0 bridgehead atoms. The average molecular weight is 1030 g/mol. The molecule has 3 heterocycles. The molecule has 71 heavy (non-hydrogen) atoms. The Morgan fingerprint density at radius 3 is 1.77 bits per heavy atom. The van der Waals surface area contributed by atoms with Gasteiger partial charge < -0.3 is 90.0 Å². The molecule has 406 valence electrons. The van der Waals surface area contributed by atoms with Crippen molar-refractivity contribution in [3.05, 3.63) is 47.9 Å². The summed E-state index contributed by atoms with van der Waals surface area (Å²) in [4.78, 5) is 65.9. The first-order valence-electron chi connectivity index (χ1n) is 23.9. The van der Waals surface area contributed by atoms with E-state index < -0.39 is 44.7 Å². The van der Waals surface area contributed by atoms with Crippen molar-refractivity contribution in [2.45, 2.75) is 135 Å². The van der Waals surface area contributed by atoms with E-state index in [9.17, 15) is 33.7 Å². The minimum atomic E-state index is -3.99. The second-order valence-electron chi connectivity index (χ2n) is 16.6. The first-order valence-corrected chi connectivity index (χ1v) is 25.4. The summed E-state index contributed by atoms with van der Waals surface area (Å²) >= 11 is 0. The molecule has 3 aromatic heterocycles. The smallest absolute Gasteiger partial charge is 0.291 e. The van der Waals surface area contributed by atoms with E-state index in [1.165, 1.54) is 42.5 Å². The third-order valence-electron chi connectivity index (χ3n) is 10.2. The van der Waals surface area contributed by atoms with Gasteiger partial charge in [-0.3, -0.25) is 29.1 Å². The van der Waals surface area contributed by atoms with Crippen LogP contribution in [0.3, 0.4) is 0 Å². The van der Waals surface area contributed by atoms with Gasteiger partial charge in [0, 0.05) is 72.9 Å². The number of hydrogen-bond donors (Lipinski definition) is 13. The Labute approximate surface area is 416 Å². The van der Waals surface area contributed by atoms with E-state index in [2.05, 4.69) is 59.8 Å². The van der Waals surface area contributed by atoms with Gasteiger partial charge in [0.15, 0.2) is 24.7 Å². The number of phosphoric ester groups is 1. The van der Waals surface area contributed by atoms with Gasteiger partial charge >= 0.3 is 0 Å². The van der Waals surface area contributed by atoms with Crippen molar-refractivity contribution in [1.82, 2.24) is 34.6 Å². The summed E-state index contributed by atoms with van der Waals surface area (Å²) in [6.07, 6.45) is 12.2. The standard InChI is InChI=1S/C31H47N9O7.C10H23O4P.C4H11NO4/c1-5-6-7-13-33-29(45)22-15-20(17-38(22)2)34-30(46)23-16-21(18-39(23)3)35-31(47)28-37-24(19-40(28)4)36-26(42)11-9-14-32-25(41)10-8-12-27(43)44;1-3-4-5-6-7-8-9-10-14-15(11,12)13-2;6-3(7)1-5-2-4(8)9/h15-19,25,27,32,41,43-44H,5-14H2,1-4H3,(H,33,45)(H,34,46)(H,35,47)(H,36,42);3-10H2,1-2H3,(H,11,12);3-9H,1-2H2/p-1. The molecule has 0 saturated carbocycles. The highest BCUT2D eigenvalue weighted by molar-refractivity contribution is 7.45. The Morgan fingerprint density at radius 1 is 0.662 bits per heavy atom. The SMILES string of the molecule is CCCCCCCCCOP(=O)([O-])OC.CCCCCNC(=O)c1cc(NC(=O)c2cc(NC(=O)c3nc(NC(=O)CCCNC(O)CCCC(O)O)cn3C)cn2C)cn1C.OC(O)CNCC(O)O. The van der Waals surface area contributed by atoms with Crippen molar-refractivity contribution in [2.75, 3.05) is 55.8 Å². The monoisotopic (exact) mass is 1030 g/mol. The number of imidazole rings is 1. The van der Waals surface area contributed by atoms with Crippen LogP contribution in [-0.2, 0) is 39.6 Å². The van der Waals surface area contributed by atoms with E-state index in [0.29, 0.717) is 49.4 Å². The second kappa shape index (κ2) is 36.3. The number of aromatic nitrogens is 4. The molecule has 0 radical (unpaired) electrons. The van der Waals surface area contributed by atoms with Crippen LogP contribution in [0.15, 0.2) is 30.7 Å². The fraction of sp³-hybridized carbons (Fsp3) is 0.667. The van der Waals surface area contributed by atoms with Crippen LogP contribution >= 0.6 is 7.82 Å². The molecule has 0 fully saturated rings. The summed E-state index contributed by atoms with van der Waals surface area (Å²) in [7, 11) is 2.12. The van der Waals surface area contributed by atoms with Crippen LogP contribution in [-0.4, -0.2) is 143 Å². The number of amides is 4. The lowest BCUT2D eigenvalue weighted by atomic mass is 10.1. The number of rotatable bonds is 33. The van der Waals surface area contributed by atoms with Crippen molar-refractivity contribution in [1.29, 1.82) is 0 Å². The van der Waals surface area contributed by atoms with Crippen LogP contribution in [0.2, 0.25) is 0 Å². The van der Waals surface area contributed by atoms with Gasteiger partial charge in [-0.2, -0.15) is 0 Å². The lowest BCUT2D eigenvalue weighted by Crippen LogP contribution is -2.32. The molecule has 0 spiro atoms. The highest BCUT2D eigenvalue weighted by Gasteiger charge is 2.20. The molecule has 4 amide bonds. The third kappa shape index (κ3) is 29.5. The average Bonchev–Trinajstić information content (AvgIpc) is 3.98. The van der Waals surface area contributed by atoms with Crippen molar-refractivity contribution in [3.8, 4) is 0 Å². The molecule has 0 aliphatic carbocycles. The predicted octanol–water partition coefficient (Wildman–Crippen LogP) is 1.70. The highest BCUT2D eigenvalue weighted by Crippen LogP contribution is 2.36. The zero-order chi connectivity index (χ0) is 53.4. The Bertz CT molecular complexity index is 2020. The van der Waals surface area contributed by atoms with E-state index in [1.54, 1.807) is 48.7 Å². The molecule has 0 aromatic carbocycles. The lowest BCUT2D eigenvalue weighted by molar-refractivity contribution is -0.223. The molecule has 26 heteroatoms. The van der Waals surface area contributed by atoms with Gasteiger partial charge in [0.25, 0.3) is 25.5 Å². The van der Waals surface area contributed by atoms with E-state index in [-0.39, 0.29) is 61.7 Å². The Hall–Kier alpha value is -4.60. The fourth-order valence-electron chi connectivity index (χ4n) is 6.45. The van der Waals surface area contributed by atoms with Gasteiger partial charge in [-0.25, -0.2) is 4.98 Å². The van der Waals surface area contributed by atoms with Crippen LogP contribution in [0.4, 0.5) is 17.2 Å². The summed E-state index contributed by atoms with van der Waals surface area (Å²) in [6, 6.07) is 3.12. The molecule has 0 saturated heterocycles. The van der Waals surface area contributed by atoms with E-state index >= 15 is 0 Å². The topological polar surface area (TPSA) is 368 Å². The number of unbranched alkanes of at least 4 members (excludes halogenated alkanes) is 8. The zero-order valence-electron chi connectivity index (χ0n) is 42.0. The summed E-state index contributed by atoms with van der Waals surface area (Å²) < 4.78 is 24.2. The van der Waals surface area contributed by atoms with Crippen molar-refractivity contribution in [2.24, 2.45) is 21.1 Å². The summed E-state index contributed by atoms with van der Waals surface area (Å²) in [6.45, 7) is 5.36. The van der Waals surface area contributed by atoms with Crippen LogP contribution in [0.25, 0.3) is 0 Å². The first-order chi connectivity index (χ1) is 33.6. The zero-order valence-corrected chi connectivity index (χ0v) is 42.9. The number of aliphatic hydroxyl groups is 7. The van der Waals surface area contributed by atoms with Gasteiger partial charge in [-0.05, 0) is 57.2 Å². The number of carbonyl (C=O) groups is 4. The molecule has 3 aromatic rings. The normalized spacial score (nSPS) is 12.5. The predicted molar refractivity (Wildman–Crippen MR) is 264 cm³/mol. The number of phosphoric acid groups is 1. The fourth-order valence-corrected chi connectivity index (χ4v) is 6.91.